The second-order valence-corrected chi connectivity index (χ2v) is 17.8. The maximum atomic E-state index is 2.45. The van der Waals surface area contributed by atoms with Gasteiger partial charge in [0.25, 0.3) is 0 Å². The van der Waals surface area contributed by atoms with Crippen molar-refractivity contribution in [2.45, 2.75) is 0 Å². The monoisotopic (exact) mass is 685 g/mol. The summed E-state index contributed by atoms with van der Waals surface area (Å²) in [6.07, 6.45) is 0. The number of thiophene rings is 1. The quantitative estimate of drug-likeness (QED) is 0.114. The highest BCUT2D eigenvalue weighted by Crippen LogP contribution is 2.41. The van der Waals surface area contributed by atoms with Crippen molar-refractivity contribution < 1.29 is 0 Å². The highest BCUT2D eigenvalue weighted by molar-refractivity contribution is 7.26. The van der Waals surface area contributed by atoms with Crippen LogP contribution >= 0.6 is 11.3 Å². The Labute approximate surface area is 304 Å². The van der Waals surface area contributed by atoms with Crippen LogP contribution in [0.25, 0.3) is 31.3 Å². The predicted molar refractivity (Wildman–Crippen MR) is 223 cm³/mol. The summed E-state index contributed by atoms with van der Waals surface area (Å²) >= 11 is 1.87. The lowest BCUT2D eigenvalue weighted by atomic mass is 10.0. The van der Waals surface area contributed by atoms with E-state index in [1.54, 1.807) is 0 Å². The highest BCUT2D eigenvalue weighted by Gasteiger charge is 2.41. The van der Waals surface area contributed by atoms with E-state index < -0.39 is 8.07 Å². The molecule has 0 fully saturated rings. The van der Waals surface area contributed by atoms with E-state index >= 15 is 0 Å². The number of anilines is 3. The van der Waals surface area contributed by atoms with E-state index in [9.17, 15) is 0 Å². The van der Waals surface area contributed by atoms with E-state index in [0.717, 1.165) is 17.1 Å². The first-order valence-corrected chi connectivity index (χ1v) is 20.2. The summed E-state index contributed by atoms with van der Waals surface area (Å²) in [7, 11) is -2.70. The molecule has 9 rings (SSSR count). The Morgan fingerprint density at radius 3 is 1.35 bits per heavy atom. The number of benzene rings is 8. The minimum absolute atomic E-state index is 1.13. The Bertz CT molecular complexity index is 2470. The molecule has 0 bridgehead atoms. The van der Waals surface area contributed by atoms with Crippen molar-refractivity contribution in [1.29, 1.82) is 0 Å². The number of fused-ring (bicyclic) bond motifs is 3. The van der Waals surface area contributed by atoms with Crippen molar-refractivity contribution in [3.8, 4) is 11.1 Å². The second kappa shape index (κ2) is 13.4. The summed E-state index contributed by atoms with van der Waals surface area (Å²) in [5.41, 5.74) is 5.92. The van der Waals surface area contributed by atoms with E-state index in [4.69, 9.17) is 0 Å². The van der Waals surface area contributed by atoms with Gasteiger partial charge in [0.05, 0.1) is 0 Å². The number of nitrogens with zero attached hydrogens (tertiary/aromatic N) is 1. The van der Waals surface area contributed by atoms with Crippen LogP contribution in [0.1, 0.15) is 0 Å². The Morgan fingerprint density at radius 2 is 0.765 bits per heavy atom. The second-order valence-electron chi connectivity index (χ2n) is 12.9. The van der Waals surface area contributed by atoms with Gasteiger partial charge in [-0.1, -0.05) is 170 Å². The molecule has 8 aromatic carbocycles. The molecule has 0 amide bonds. The van der Waals surface area contributed by atoms with Crippen LogP contribution in [0.15, 0.2) is 212 Å². The van der Waals surface area contributed by atoms with Gasteiger partial charge in [-0.3, -0.25) is 0 Å². The first kappa shape index (κ1) is 31.0. The van der Waals surface area contributed by atoms with Crippen LogP contribution in [0.4, 0.5) is 17.1 Å². The van der Waals surface area contributed by atoms with Crippen LogP contribution in [-0.2, 0) is 0 Å². The molecular formula is C48H35NSSi. The number of hydrogen-bond donors (Lipinski definition) is 0. The summed E-state index contributed by atoms with van der Waals surface area (Å²) in [5, 5.41) is 8.05. The maximum Gasteiger partial charge on any atom is 0.179 e. The third kappa shape index (κ3) is 5.57. The van der Waals surface area contributed by atoms with Crippen LogP contribution in [0.3, 0.4) is 0 Å². The molecule has 0 aliphatic rings. The molecule has 1 aromatic heterocycles. The molecule has 0 saturated carbocycles. The SMILES string of the molecule is c1ccc(-c2ccc3c(c2)sc2cc(N(c4ccccc4)c4cccc([Si](c5ccccc5)(c5ccccc5)c5ccccc5)c4)ccc23)cc1. The lowest BCUT2D eigenvalue weighted by Gasteiger charge is -2.35. The molecule has 0 aliphatic carbocycles. The molecule has 0 aliphatic heterocycles. The average Bonchev–Trinajstić information content (AvgIpc) is 3.58. The highest BCUT2D eigenvalue weighted by atomic mass is 32.1. The minimum atomic E-state index is -2.70. The molecule has 9 aromatic rings. The molecule has 0 unspecified atom stereocenters. The first-order chi connectivity index (χ1) is 25.3. The number of para-hydroxylation sites is 1. The smallest absolute Gasteiger partial charge is 0.179 e. The zero-order valence-corrected chi connectivity index (χ0v) is 29.9. The van der Waals surface area contributed by atoms with Gasteiger partial charge < -0.3 is 4.90 Å². The lowest BCUT2D eigenvalue weighted by Crippen LogP contribution is -2.74. The summed E-state index contributed by atoms with van der Waals surface area (Å²) in [6.45, 7) is 0. The first-order valence-electron chi connectivity index (χ1n) is 17.4. The number of rotatable bonds is 8. The van der Waals surface area contributed by atoms with E-state index in [2.05, 4.69) is 217 Å². The van der Waals surface area contributed by atoms with Gasteiger partial charge in [0.1, 0.15) is 0 Å². The van der Waals surface area contributed by atoms with Gasteiger partial charge in [-0.05, 0) is 74.3 Å². The van der Waals surface area contributed by atoms with Gasteiger partial charge in [-0.25, -0.2) is 0 Å². The molecule has 0 atom stereocenters. The van der Waals surface area contributed by atoms with Gasteiger partial charge >= 0.3 is 0 Å². The van der Waals surface area contributed by atoms with Crippen LogP contribution in [0, 0.1) is 0 Å². The molecule has 0 radical (unpaired) electrons. The molecular weight excluding hydrogens is 651 g/mol. The van der Waals surface area contributed by atoms with Crippen molar-refractivity contribution in [1.82, 2.24) is 0 Å². The van der Waals surface area contributed by atoms with Crippen molar-refractivity contribution >= 4 is 77.4 Å². The molecule has 1 heterocycles. The van der Waals surface area contributed by atoms with E-state index in [1.165, 1.54) is 52.0 Å². The summed E-state index contributed by atoms with van der Waals surface area (Å²) < 4.78 is 2.59. The van der Waals surface area contributed by atoms with Crippen molar-refractivity contribution in [2.75, 3.05) is 4.90 Å². The van der Waals surface area contributed by atoms with Crippen molar-refractivity contribution in [3.63, 3.8) is 0 Å². The van der Waals surface area contributed by atoms with Gasteiger partial charge in [0, 0.05) is 37.2 Å². The standard InChI is InChI=1S/C48H35NSSi/c1-6-17-36(18-7-1)37-29-31-45-46-32-30-40(35-48(46)50-47(45)33-37)49(38-19-8-2-9-20-38)39-21-16-28-44(34-39)51(41-22-10-3-11-23-41,42-24-12-4-13-25-42)43-26-14-5-15-27-43/h1-35H. The molecule has 1 nitrogen and oxygen atoms in total. The molecule has 0 saturated heterocycles. The lowest BCUT2D eigenvalue weighted by molar-refractivity contribution is 1.29. The average molecular weight is 686 g/mol. The fourth-order valence-electron chi connectivity index (χ4n) is 7.68. The van der Waals surface area contributed by atoms with Gasteiger partial charge in [-0.2, -0.15) is 0 Å². The topological polar surface area (TPSA) is 3.24 Å². The van der Waals surface area contributed by atoms with E-state index in [1.807, 2.05) is 11.3 Å². The number of hydrogen-bond acceptors (Lipinski definition) is 2. The predicted octanol–water partition coefficient (Wildman–Crippen LogP) is 10.6. The molecule has 0 spiro atoms. The van der Waals surface area contributed by atoms with Gasteiger partial charge in [-0.15, -0.1) is 11.3 Å². The Kier molecular flexibility index (Phi) is 8.13. The normalized spacial score (nSPS) is 11.5. The van der Waals surface area contributed by atoms with E-state index in [-0.39, 0.29) is 0 Å². The van der Waals surface area contributed by atoms with Crippen LogP contribution < -0.4 is 25.6 Å². The fourth-order valence-corrected chi connectivity index (χ4v) is 13.6. The van der Waals surface area contributed by atoms with Crippen LogP contribution in [0.5, 0.6) is 0 Å². The third-order valence-corrected chi connectivity index (χ3v) is 15.9. The molecule has 51 heavy (non-hydrogen) atoms. The van der Waals surface area contributed by atoms with Crippen LogP contribution in [-0.4, -0.2) is 8.07 Å². The summed E-state index contributed by atoms with van der Waals surface area (Å²) in [4.78, 5) is 2.42. The zero-order valence-electron chi connectivity index (χ0n) is 28.1. The van der Waals surface area contributed by atoms with Crippen LogP contribution in [0.2, 0.25) is 0 Å². The Morgan fingerprint density at radius 1 is 0.314 bits per heavy atom. The van der Waals surface area contributed by atoms with Crippen molar-refractivity contribution in [2.24, 2.45) is 0 Å². The fraction of sp³-hybridized carbons (Fsp3) is 0. The third-order valence-electron chi connectivity index (χ3n) is 9.99. The van der Waals surface area contributed by atoms with Crippen molar-refractivity contribution in [3.05, 3.63) is 212 Å². The molecule has 242 valence electrons. The Balaban J connectivity index is 1.24. The molecule has 0 N–H and O–H groups in total. The summed E-state index contributed by atoms with van der Waals surface area (Å²) in [5.74, 6) is 0. The zero-order chi connectivity index (χ0) is 34.0. The minimum Gasteiger partial charge on any atom is -0.310 e. The van der Waals surface area contributed by atoms with Gasteiger partial charge in [0.15, 0.2) is 8.07 Å². The summed E-state index contributed by atoms with van der Waals surface area (Å²) in [6, 6.07) is 78.0. The van der Waals surface area contributed by atoms with E-state index in [0.29, 0.717) is 0 Å². The maximum absolute atomic E-state index is 2.70. The Hall–Kier alpha value is -6.00. The largest absolute Gasteiger partial charge is 0.310 e. The molecule has 3 heteroatoms. The van der Waals surface area contributed by atoms with Gasteiger partial charge in [0.2, 0.25) is 0 Å².